The fourth-order valence-electron chi connectivity index (χ4n) is 2.22. The normalized spacial score (nSPS) is 15.7. The lowest BCUT2D eigenvalue weighted by Gasteiger charge is -2.15. The van der Waals surface area contributed by atoms with Gasteiger partial charge in [0, 0.05) is 18.7 Å². The van der Waals surface area contributed by atoms with Gasteiger partial charge in [-0.05, 0) is 37.5 Å². The maximum Gasteiger partial charge on any atom is 0.230 e. The number of carbonyl (C=O) groups excluding carboxylic acids is 2. The molecular formula is C15H20N2O2. The van der Waals surface area contributed by atoms with Crippen LogP contribution in [0.3, 0.4) is 0 Å². The molecule has 4 heteroatoms. The Balaban J connectivity index is 2.10. The van der Waals surface area contributed by atoms with E-state index in [2.05, 4.69) is 10.6 Å². The van der Waals surface area contributed by atoms with Crippen LogP contribution in [0.2, 0.25) is 0 Å². The van der Waals surface area contributed by atoms with Crippen LogP contribution in [0, 0.1) is 0 Å². The fraction of sp³-hybridized carbons (Fsp3) is 0.467. The highest BCUT2D eigenvalue weighted by Gasteiger charge is 2.50. The molecule has 102 valence electrons. The Labute approximate surface area is 113 Å². The fourth-order valence-corrected chi connectivity index (χ4v) is 2.22. The Morgan fingerprint density at radius 3 is 2.26 bits per heavy atom. The second-order valence-corrected chi connectivity index (χ2v) is 4.92. The molecule has 0 aliphatic heterocycles. The van der Waals surface area contributed by atoms with Gasteiger partial charge in [-0.15, -0.1) is 0 Å². The Morgan fingerprint density at radius 2 is 1.79 bits per heavy atom. The Bertz CT molecular complexity index is 475. The zero-order valence-corrected chi connectivity index (χ0v) is 11.5. The molecule has 1 aromatic rings. The molecule has 0 aromatic heterocycles. The third-order valence-corrected chi connectivity index (χ3v) is 3.56. The van der Waals surface area contributed by atoms with Crippen molar-refractivity contribution in [2.45, 2.75) is 38.5 Å². The molecule has 2 N–H and O–H groups in total. The number of rotatable bonds is 5. The number of likely N-dealkylation sites (N-methyl/N-ethyl adjacent to an activating group) is 1. The van der Waals surface area contributed by atoms with Gasteiger partial charge in [0.15, 0.2) is 0 Å². The third-order valence-electron chi connectivity index (χ3n) is 3.56. The lowest BCUT2D eigenvalue weighted by Crippen LogP contribution is -2.34. The molecule has 0 bridgehead atoms. The molecule has 1 saturated carbocycles. The molecule has 1 fully saturated rings. The minimum absolute atomic E-state index is 0.00221. The van der Waals surface area contributed by atoms with Crippen LogP contribution in [0.4, 0.5) is 5.69 Å². The van der Waals surface area contributed by atoms with Crippen LogP contribution in [0.15, 0.2) is 24.3 Å². The number of hydrogen-bond donors (Lipinski definition) is 2. The molecule has 1 aliphatic carbocycles. The smallest absolute Gasteiger partial charge is 0.230 e. The molecule has 1 aromatic carbocycles. The number of hydrogen-bond acceptors (Lipinski definition) is 2. The number of anilines is 1. The highest BCUT2D eigenvalue weighted by molar-refractivity contribution is 5.92. The van der Waals surface area contributed by atoms with Gasteiger partial charge in [0.2, 0.25) is 11.8 Å². The summed E-state index contributed by atoms with van der Waals surface area (Å²) in [4.78, 5) is 23.3. The van der Waals surface area contributed by atoms with E-state index in [4.69, 9.17) is 0 Å². The third kappa shape index (κ3) is 2.78. The van der Waals surface area contributed by atoms with Crippen molar-refractivity contribution >= 4 is 17.5 Å². The Kier molecular flexibility index (Phi) is 3.88. The van der Waals surface area contributed by atoms with E-state index in [9.17, 15) is 9.59 Å². The van der Waals surface area contributed by atoms with Crippen molar-refractivity contribution in [3.8, 4) is 0 Å². The van der Waals surface area contributed by atoms with E-state index in [0.29, 0.717) is 13.0 Å². The summed E-state index contributed by atoms with van der Waals surface area (Å²) in [5.74, 6) is 0.109. The molecule has 0 unspecified atom stereocenters. The van der Waals surface area contributed by atoms with Crippen LogP contribution in [0.25, 0.3) is 0 Å². The highest BCUT2D eigenvalue weighted by atomic mass is 16.2. The van der Waals surface area contributed by atoms with Gasteiger partial charge in [-0.2, -0.15) is 0 Å². The average molecular weight is 260 g/mol. The minimum atomic E-state index is -0.330. The molecule has 1 aliphatic rings. The quantitative estimate of drug-likeness (QED) is 0.852. The van der Waals surface area contributed by atoms with Crippen molar-refractivity contribution in [1.29, 1.82) is 0 Å². The number of nitrogens with one attached hydrogen (secondary N) is 2. The molecule has 0 saturated heterocycles. The van der Waals surface area contributed by atoms with E-state index in [1.807, 2.05) is 38.1 Å². The second-order valence-electron chi connectivity index (χ2n) is 4.92. The molecule has 0 atom stereocenters. The molecule has 0 heterocycles. The first-order chi connectivity index (χ1) is 9.12. The molecular weight excluding hydrogens is 240 g/mol. The molecule has 0 radical (unpaired) electrons. The lowest BCUT2D eigenvalue weighted by molar-refractivity contribution is -0.123. The van der Waals surface area contributed by atoms with Gasteiger partial charge in [0.1, 0.15) is 0 Å². The largest absolute Gasteiger partial charge is 0.356 e. The molecule has 0 spiro atoms. The summed E-state index contributed by atoms with van der Waals surface area (Å²) < 4.78 is 0. The standard InChI is InChI=1S/C15H20N2O2/c1-3-13(18)17-12-7-5-11(6-8-12)15(9-10-15)14(19)16-4-2/h5-8H,3-4,9-10H2,1-2H3,(H,16,19)(H,17,18). The zero-order valence-electron chi connectivity index (χ0n) is 11.5. The Morgan fingerprint density at radius 1 is 1.16 bits per heavy atom. The van der Waals surface area contributed by atoms with Crippen LogP contribution in [0.5, 0.6) is 0 Å². The first-order valence-electron chi connectivity index (χ1n) is 6.81. The average Bonchev–Trinajstić information content (AvgIpc) is 3.21. The van der Waals surface area contributed by atoms with Crippen molar-refractivity contribution in [2.24, 2.45) is 0 Å². The number of carbonyl (C=O) groups is 2. The van der Waals surface area contributed by atoms with Crippen LogP contribution in [-0.4, -0.2) is 18.4 Å². The maximum absolute atomic E-state index is 12.1. The van der Waals surface area contributed by atoms with Gasteiger partial charge in [0.25, 0.3) is 0 Å². The van der Waals surface area contributed by atoms with Crippen LogP contribution < -0.4 is 10.6 Å². The van der Waals surface area contributed by atoms with E-state index >= 15 is 0 Å². The predicted octanol–water partition coefficient (Wildman–Crippen LogP) is 2.20. The molecule has 19 heavy (non-hydrogen) atoms. The van der Waals surface area contributed by atoms with Crippen LogP contribution in [0.1, 0.15) is 38.7 Å². The second kappa shape index (κ2) is 5.43. The van der Waals surface area contributed by atoms with E-state index in [0.717, 1.165) is 24.1 Å². The zero-order chi connectivity index (χ0) is 13.9. The van der Waals surface area contributed by atoms with Gasteiger partial charge in [0.05, 0.1) is 5.41 Å². The highest BCUT2D eigenvalue weighted by Crippen LogP contribution is 2.48. The summed E-state index contributed by atoms with van der Waals surface area (Å²) in [5, 5.41) is 5.70. The van der Waals surface area contributed by atoms with Gasteiger partial charge in [-0.25, -0.2) is 0 Å². The van der Waals surface area contributed by atoms with Crippen molar-refractivity contribution < 1.29 is 9.59 Å². The first kappa shape index (κ1) is 13.6. The van der Waals surface area contributed by atoms with Crippen molar-refractivity contribution in [3.05, 3.63) is 29.8 Å². The van der Waals surface area contributed by atoms with Crippen molar-refractivity contribution in [3.63, 3.8) is 0 Å². The predicted molar refractivity (Wildman–Crippen MR) is 75.0 cm³/mol. The number of benzene rings is 1. The van der Waals surface area contributed by atoms with Crippen molar-refractivity contribution in [2.75, 3.05) is 11.9 Å². The summed E-state index contributed by atoms with van der Waals surface area (Å²) >= 11 is 0. The van der Waals surface area contributed by atoms with Gasteiger partial charge < -0.3 is 10.6 Å². The summed E-state index contributed by atoms with van der Waals surface area (Å²) in [6.07, 6.45) is 2.27. The van der Waals surface area contributed by atoms with E-state index in [1.54, 1.807) is 0 Å². The van der Waals surface area contributed by atoms with Crippen LogP contribution in [-0.2, 0) is 15.0 Å². The lowest BCUT2D eigenvalue weighted by atomic mass is 9.94. The molecule has 2 amide bonds. The van der Waals surface area contributed by atoms with Crippen LogP contribution >= 0.6 is 0 Å². The topological polar surface area (TPSA) is 58.2 Å². The maximum atomic E-state index is 12.1. The first-order valence-corrected chi connectivity index (χ1v) is 6.81. The summed E-state index contributed by atoms with van der Waals surface area (Å²) in [6, 6.07) is 7.60. The van der Waals surface area contributed by atoms with Crippen molar-refractivity contribution in [1.82, 2.24) is 5.32 Å². The minimum Gasteiger partial charge on any atom is -0.356 e. The van der Waals surface area contributed by atoms with E-state index < -0.39 is 0 Å². The summed E-state index contributed by atoms with van der Waals surface area (Å²) in [7, 11) is 0. The summed E-state index contributed by atoms with van der Waals surface area (Å²) in [5.41, 5.74) is 1.48. The molecule has 2 rings (SSSR count). The summed E-state index contributed by atoms with van der Waals surface area (Å²) in [6.45, 7) is 4.40. The van der Waals surface area contributed by atoms with Gasteiger partial charge in [-0.1, -0.05) is 19.1 Å². The van der Waals surface area contributed by atoms with E-state index in [-0.39, 0.29) is 17.2 Å². The monoisotopic (exact) mass is 260 g/mol. The van der Waals surface area contributed by atoms with Gasteiger partial charge >= 0.3 is 0 Å². The Hall–Kier alpha value is -1.84. The van der Waals surface area contributed by atoms with E-state index in [1.165, 1.54) is 0 Å². The molecule has 4 nitrogen and oxygen atoms in total. The number of amides is 2. The van der Waals surface area contributed by atoms with Gasteiger partial charge in [-0.3, -0.25) is 9.59 Å². The SMILES string of the molecule is CCNC(=O)C1(c2ccc(NC(=O)CC)cc2)CC1.